The summed E-state index contributed by atoms with van der Waals surface area (Å²) < 4.78 is 5.76. The third-order valence-corrected chi connectivity index (χ3v) is 4.95. The van der Waals surface area contributed by atoms with E-state index in [2.05, 4.69) is 4.90 Å². The van der Waals surface area contributed by atoms with Crippen LogP contribution in [0.4, 0.5) is 0 Å². The number of hydrogen-bond acceptors (Lipinski definition) is 3. The Morgan fingerprint density at radius 2 is 1.82 bits per heavy atom. The molecule has 1 aromatic rings. The predicted octanol–water partition coefficient (Wildman–Crippen LogP) is 4.03. The lowest BCUT2D eigenvalue weighted by molar-refractivity contribution is 0.101. The maximum atomic E-state index is 11.2. The van der Waals surface area contributed by atoms with Gasteiger partial charge in [-0.1, -0.05) is 13.8 Å². The summed E-state index contributed by atoms with van der Waals surface area (Å²) in [7, 11) is 0. The molecule has 1 aliphatic carbocycles. The number of carbonyl (C=O) groups excluding carboxylic acids is 1. The van der Waals surface area contributed by atoms with Crippen LogP contribution >= 0.6 is 0 Å². The predicted molar refractivity (Wildman–Crippen MR) is 90.6 cm³/mol. The molecule has 1 heterocycles. The molecule has 1 aromatic carbocycles. The van der Waals surface area contributed by atoms with Gasteiger partial charge in [-0.3, -0.25) is 4.79 Å². The van der Waals surface area contributed by atoms with Crippen LogP contribution in [0.15, 0.2) is 24.3 Å². The van der Waals surface area contributed by atoms with Gasteiger partial charge in [0, 0.05) is 25.2 Å². The van der Waals surface area contributed by atoms with Crippen molar-refractivity contribution in [3.05, 3.63) is 29.8 Å². The van der Waals surface area contributed by atoms with Crippen LogP contribution in [0.25, 0.3) is 0 Å². The van der Waals surface area contributed by atoms with E-state index in [0.717, 1.165) is 42.7 Å². The number of ketones is 1. The van der Waals surface area contributed by atoms with E-state index in [9.17, 15) is 4.79 Å². The molecule has 1 aliphatic heterocycles. The Kier molecular flexibility index (Phi) is 6.01. The van der Waals surface area contributed by atoms with Crippen molar-refractivity contribution in [3.63, 3.8) is 0 Å². The molecule has 0 N–H and O–H groups in total. The first-order chi connectivity index (χ1) is 10.2. The Balaban J connectivity index is 0.00000176. The van der Waals surface area contributed by atoms with Gasteiger partial charge in [-0.2, -0.15) is 0 Å². The number of carbonyl (C=O) groups is 1. The van der Waals surface area contributed by atoms with E-state index in [4.69, 9.17) is 4.74 Å². The van der Waals surface area contributed by atoms with Gasteiger partial charge in [0.1, 0.15) is 5.75 Å². The Morgan fingerprint density at radius 3 is 2.41 bits per heavy atom. The lowest BCUT2D eigenvalue weighted by Gasteiger charge is -2.16. The van der Waals surface area contributed by atoms with E-state index < -0.39 is 0 Å². The van der Waals surface area contributed by atoms with E-state index in [1.54, 1.807) is 6.92 Å². The number of likely N-dealkylation sites (tertiary alicyclic amines) is 1. The van der Waals surface area contributed by atoms with Gasteiger partial charge in [-0.25, -0.2) is 0 Å². The molecular weight excluding hydrogens is 274 g/mol. The van der Waals surface area contributed by atoms with Gasteiger partial charge in [0.05, 0.1) is 6.61 Å². The summed E-state index contributed by atoms with van der Waals surface area (Å²) in [5.74, 6) is 2.91. The van der Waals surface area contributed by atoms with Gasteiger partial charge >= 0.3 is 0 Å². The molecule has 0 radical (unpaired) electrons. The number of ether oxygens (including phenoxy) is 1. The van der Waals surface area contributed by atoms with Crippen LogP contribution in [0, 0.1) is 11.8 Å². The second kappa shape index (κ2) is 7.77. The molecule has 0 aromatic heterocycles. The number of benzene rings is 1. The standard InChI is InChI=1S/C18H25NO2.CH4/c1-14(20)15-6-8-18(9-7-15)21-11-3-10-19-12-16-4-2-5-17(16)13-19;/h6-9,16-17H,2-5,10-13H2,1H3;1H4/t16-,17+;. The van der Waals surface area contributed by atoms with E-state index in [0.29, 0.717) is 0 Å². The van der Waals surface area contributed by atoms with Crippen molar-refractivity contribution < 1.29 is 9.53 Å². The molecule has 0 bridgehead atoms. The molecule has 1 saturated carbocycles. The molecule has 0 unspecified atom stereocenters. The molecule has 2 atom stereocenters. The summed E-state index contributed by atoms with van der Waals surface area (Å²) in [6, 6.07) is 7.44. The van der Waals surface area contributed by atoms with Crippen LogP contribution in [0.1, 0.15) is 50.4 Å². The molecule has 122 valence electrons. The van der Waals surface area contributed by atoms with Gasteiger partial charge < -0.3 is 9.64 Å². The Bertz CT molecular complexity index is 471. The zero-order valence-corrected chi connectivity index (χ0v) is 12.9. The third kappa shape index (κ3) is 4.10. The molecule has 0 spiro atoms. The molecule has 2 fully saturated rings. The first-order valence-electron chi connectivity index (χ1n) is 8.18. The highest BCUT2D eigenvalue weighted by Gasteiger charge is 2.35. The van der Waals surface area contributed by atoms with Crippen LogP contribution < -0.4 is 4.74 Å². The zero-order chi connectivity index (χ0) is 14.7. The van der Waals surface area contributed by atoms with Crippen molar-refractivity contribution in [2.24, 2.45) is 11.8 Å². The van der Waals surface area contributed by atoms with E-state index >= 15 is 0 Å². The van der Waals surface area contributed by atoms with Crippen molar-refractivity contribution in [1.29, 1.82) is 0 Å². The van der Waals surface area contributed by atoms with Crippen molar-refractivity contribution in [2.75, 3.05) is 26.2 Å². The van der Waals surface area contributed by atoms with Crippen LogP contribution in [0.5, 0.6) is 5.75 Å². The summed E-state index contributed by atoms with van der Waals surface area (Å²) >= 11 is 0. The molecule has 0 amide bonds. The van der Waals surface area contributed by atoms with E-state index in [1.807, 2.05) is 24.3 Å². The van der Waals surface area contributed by atoms with E-state index in [1.165, 1.54) is 32.4 Å². The lowest BCUT2D eigenvalue weighted by Crippen LogP contribution is -2.24. The normalized spacial score (nSPS) is 23.9. The highest BCUT2D eigenvalue weighted by atomic mass is 16.5. The minimum Gasteiger partial charge on any atom is -0.494 e. The zero-order valence-electron chi connectivity index (χ0n) is 12.9. The van der Waals surface area contributed by atoms with Crippen molar-refractivity contribution in [2.45, 2.75) is 40.0 Å². The highest BCUT2D eigenvalue weighted by molar-refractivity contribution is 5.94. The van der Waals surface area contributed by atoms with Gasteiger partial charge in [0.2, 0.25) is 0 Å². The van der Waals surface area contributed by atoms with Gasteiger partial charge in [0.15, 0.2) is 5.78 Å². The molecule has 22 heavy (non-hydrogen) atoms. The fourth-order valence-corrected chi connectivity index (χ4v) is 3.78. The molecule has 1 saturated heterocycles. The topological polar surface area (TPSA) is 29.5 Å². The largest absolute Gasteiger partial charge is 0.494 e. The summed E-state index contributed by atoms with van der Waals surface area (Å²) in [5, 5.41) is 0. The van der Waals surface area contributed by atoms with Crippen LogP contribution in [0.2, 0.25) is 0 Å². The van der Waals surface area contributed by atoms with Gasteiger partial charge in [-0.05, 0) is 62.3 Å². The Labute approximate surface area is 134 Å². The quantitative estimate of drug-likeness (QED) is 0.587. The summed E-state index contributed by atoms with van der Waals surface area (Å²) in [6.07, 6.45) is 5.41. The number of rotatable bonds is 6. The number of hydrogen-bond donors (Lipinski definition) is 0. The summed E-state index contributed by atoms with van der Waals surface area (Å²) in [5.41, 5.74) is 0.742. The monoisotopic (exact) mass is 303 g/mol. The summed E-state index contributed by atoms with van der Waals surface area (Å²) in [6.45, 7) is 6.10. The Hall–Kier alpha value is -1.35. The van der Waals surface area contributed by atoms with Crippen LogP contribution in [0.3, 0.4) is 0 Å². The Morgan fingerprint density at radius 1 is 1.18 bits per heavy atom. The van der Waals surface area contributed by atoms with Crippen LogP contribution in [-0.2, 0) is 0 Å². The lowest BCUT2D eigenvalue weighted by atomic mass is 10.0. The van der Waals surface area contributed by atoms with Gasteiger partial charge in [-0.15, -0.1) is 0 Å². The first-order valence-corrected chi connectivity index (χ1v) is 8.18. The minimum atomic E-state index is 0. The fraction of sp³-hybridized carbons (Fsp3) is 0.632. The maximum absolute atomic E-state index is 11.2. The van der Waals surface area contributed by atoms with E-state index in [-0.39, 0.29) is 13.2 Å². The van der Waals surface area contributed by atoms with Crippen LogP contribution in [-0.4, -0.2) is 36.9 Å². The number of nitrogens with zero attached hydrogens (tertiary/aromatic N) is 1. The van der Waals surface area contributed by atoms with Crippen molar-refractivity contribution in [3.8, 4) is 5.75 Å². The SMILES string of the molecule is C.CC(=O)c1ccc(OCCCN2C[C@H]3CCC[C@H]3C2)cc1. The molecular formula is C19H29NO2. The maximum Gasteiger partial charge on any atom is 0.159 e. The minimum absolute atomic E-state index is 0. The van der Waals surface area contributed by atoms with Crippen molar-refractivity contribution >= 4 is 5.78 Å². The number of Topliss-reactive ketones (excluding diaryl/α,β-unsaturated/α-hetero) is 1. The first kappa shape index (κ1) is 17.0. The molecule has 3 rings (SSSR count). The van der Waals surface area contributed by atoms with Gasteiger partial charge in [0.25, 0.3) is 0 Å². The smallest absolute Gasteiger partial charge is 0.159 e. The third-order valence-electron chi connectivity index (χ3n) is 4.95. The highest BCUT2D eigenvalue weighted by Crippen LogP contribution is 2.37. The fourth-order valence-electron chi connectivity index (χ4n) is 3.78. The summed E-state index contributed by atoms with van der Waals surface area (Å²) in [4.78, 5) is 13.8. The molecule has 2 aliphatic rings. The average Bonchev–Trinajstić information content (AvgIpc) is 3.05. The second-order valence-corrected chi connectivity index (χ2v) is 6.49. The molecule has 3 heteroatoms. The average molecular weight is 303 g/mol. The van der Waals surface area contributed by atoms with Crippen molar-refractivity contribution in [1.82, 2.24) is 4.90 Å². The molecule has 3 nitrogen and oxygen atoms in total. The second-order valence-electron chi connectivity index (χ2n) is 6.49. The number of fused-ring (bicyclic) bond motifs is 1.